The van der Waals surface area contributed by atoms with Gasteiger partial charge in [0.25, 0.3) is 0 Å². The quantitative estimate of drug-likeness (QED) is 0.675. The van der Waals surface area contributed by atoms with Gasteiger partial charge in [0.1, 0.15) is 5.76 Å². The lowest BCUT2D eigenvalue weighted by molar-refractivity contribution is 0.500. The minimum Gasteiger partial charge on any atom is -0.448 e. The molecule has 0 saturated heterocycles. The summed E-state index contributed by atoms with van der Waals surface area (Å²) in [5, 5.41) is 0.794. The molecule has 0 unspecified atom stereocenters. The van der Waals surface area contributed by atoms with E-state index in [4.69, 9.17) is 27.6 Å². The first kappa shape index (κ1) is 9.94. The monoisotopic (exact) mass is 205 g/mol. The van der Waals surface area contributed by atoms with Crippen LogP contribution < -0.4 is 0 Å². The summed E-state index contributed by atoms with van der Waals surface area (Å²) in [5.74, 6) is 0.860. The van der Waals surface area contributed by atoms with E-state index in [9.17, 15) is 0 Å². The van der Waals surface area contributed by atoms with Crippen LogP contribution in [0.1, 0.15) is 25.0 Å². The highest BCUT2D eigenvalue weighted by Crippen LogP contribution is 2.26. The van der Waals surface area contributed by atoms with E-state index in [1.54, 1.807) is 6.07 Å². The summed E-state index contributed by atoms with van der Waals surface area (Å²) in [6.07, 6.45) is 4.03. The van der Waals surface area contributed by atoms with E-state index in [1.165, 1.54) is 0 Å². The third-order valence-corrected chi connectivity index (χ3v) is 2.28. The standard InChI is InChI=1S/C9H11Cl2O/c1-2-3-4-5-7-6-8(10)9(11)12-7/h6H,1-5H2. The Morgan fingerprint density at radius 1 is 1.33 bits per heavy atom. The van der Waals surface area contributed by atoms with E-state index in [1.807, 2.05) is 0 Å². The number of unbranched alkanes of at least 4 members (excludes halogenated alkanes) is 2. The lowest BCUT2D eigenvalue weighted by atomic mass is 10.2. The van der Waals surface area contributed by atoms with Crippen LogP contribution >= 0.6 is 23.2 Å². The molecule has 1 aromatic rings. The maximum absolute atomic E-state index is 5.70. The van der Waals surface area contributed by atoms with Crippen molar-refractivity contribution < 1.29 is 4.42 Å². The van der Waals surface area contributed by atoms with E-state index in [0.29, 0.717) is 10.2 Å². The van der Waals surface area contributed by atoms with Gasteiger partial charge in [-0.05, 0) is 24.1 Å². The molecule has 0 saturated carbocycles. The molecule has 0 aliphatic carbocycles. The van der Waals surface area contributed by atoms with Crippen molar-refractivity contribution in [3.05, 3.63) is 29.0 Å². The zero-order chi connectivity index (χ0) is 8.97. The molecule has 1 aromatic heterocycles. The van der Waals surface area contributed by atoms with Gasteiger partial charge in [-0.3, -0.25) is 0 Å². The smallest absolute Gasteiger partial charge is 0.212 e. The Morgan fingerprint density at radius 2 is 2.08 bits per heavy atom. The van der Waals surface area contributed by atoms with Crippen molar-refractivity contribution in [1.82, 2.24) is 0 Å². The average Bonchev–Trinajstić information content (AvgIpc) is 2.32. The molecule has 0 fully saturated rings. The second-order valence-corrected chi connectivity index (χ2v) is 3.40. The predicted octanol–water partition coefficient (Wildman–Crippen LogP) is 4.13. The minimum absolute atomic E-state index is 0.293. The normalized spacial score (nSPS) is 10.6. The molecule has 12 heavy (non-hydrogen) atoms. The molecule has 1 heterocycles. The van der Waals surface area contributed by atoms with Gasteiger partial charge in [-0.15, -0.1) is 0 Å². The Kier molecular flexibility index (Phi) is 3.96. The van der Waals surface area contributed by atoms with Gasteiger partial charge in [0.2, 0.25) is 5.22 Å². The highest BCUT2D eigenvalue weighted by Gasteiger charge is 2.05. The van der Waals surface area contributed by atoms with Gasteiger partial charge in [-0.2, -0.15) is 0 Å². The Morgan fingerprint density at radius 3 is 2.58 bits per heavy atom. The molecule has 0 amide bonds. The first-order chi connectivity index (χ1) is 5.74. The van der Waals surface area contributed by atoms with Crippen LogP contribution in [0, 0.1) is 6.92 Å². The number of aryl methyl sites for hydroxylation is 1. The van der Waals surface area contributed by atoms with E-state index in [2.05, 4.69) is 6.92 Å². The van der Waals surface area contributed by atoms with Gasteiger partial charge in [0, 0.05) is 6.42 Å². The van der Waals surface area contributed by atoms with Gasteiger partial charge >= 0.3 is 0 Å². The van der Waals surface area contributed by atoms with Crippen LogP contribution in [0.15, 0.2) is 10.5 Å². The van der Waals surface area contributed by atoms with Crippen molar-refractivity contribution in [2.75, 3.05) is 0 Å². The third kappa shape index (κ3) is 2.72. The summed E-state index contributed by atoms with van der Waals surface area (Å²) >= 11 is 11.3. The average molecular weight is 206 g/mol. The maximum Gasteiger partial charge on any atom is 0.212 e. The summed E-state index contributed by atoms with van der Waals surface area (Å²) in [7, 11) is 0. The van der Waals surface area contributed by atoms with Crippen LogP contribution in [0.5, 0.6) is 0 Å². The molecule has 0 aliphatic heterocycles. The van der Waals surface area contributed by atoms with Crippen molar-refractivity contribution in [2.45, 2.75) is 25.7 Å². The fraction of sp³-hybridized carbons (Fsp3) is 0.444. The molecule has 1 rings (SSSR count). The van der Waals surface area contributed by atoms with E-state index in [0.717, 1.165) is 31.4 Å². The SMILES string of the molecule is [CH2]CCCCc1cc(Cl)c(Cl)o1. The predicted molar refractivity (Wildman–Crippen MR) is 51.6 cm³/mol. The molecule has 0 spiro atoms. The minimum atomic E-state index is 0.293. The van der Waals surface area contributed by atoms with E-state index < -0.39 is 0 Å². The van der Waals surface area contributed by atoms with Crippen LogP contribution in [0.25, 0.3) is 0 Å². The Labute approximate surface area is 82.7 Å². The lowest BCUT2D eigenvalue weighted by Crippen LogP contribution is -1.80. The number of rotatable bonds is 4. The number of halogens is 2. The first-order valence-electron chi connectivity index (χ1n) is 3.97. The molecule has 0 N–H and O–H groups in total. The Balaban J connectivity index is 2.42. The zero-order valence-corrected chi connectivity index (χ0v) is 8.29. The van der Waals surface area contributed by atoms with Crippen molar-refractivity contribution in [3.8, 4) is 0 Å². The van der Waals surface area contributed by atoms with E-state index in [-0.39, 0.29) is 0 Å². The molecular weight excluding hydrogens is 195 g/mol. The number of hydrogen-bond donors (Lipinski definition) is 0. The summed E-state index contributed by atoms with van der Waals surface area (Å²) in [4.78, 5) is 0. The van der Waals surface area contributed by atoms with Crippen molar-refractivity contribution in [1.29, 1.82) is 0 Å². The van der Waals surface area contributed by atoms with Crippen molar-refractivity contribution in [2.24, 2.45) is 0 Å². The largest absolute Gasteiger partial charge is 0.448 e. The van der Waals surface area contributed by atoms with Crippen LogP contribution in [-0.4, -0.2) is 0 Å². The third-order valence-electron chi connectivity index (χ3n) is 1.62. The van der Waals surface area contributed by atoms with Gasteiger partial charge in [-0.25, -0.2) is 0 Å². The Bertz CT molecular complexity index is 223. The number of hydrogen-bond acceptors (Lipinski definition) is 1. The topological polar surface area (TPSA) is 13.1 Å². The molecule has 1 nitrogen and oxygen atoms in total. The molecule has 0 bridgehead atoms. The highest BCUT2D eigenvalue weighted by molar-refractivity contribution is 6.40. The van der Waals surface area contributed by atoms with Crippen molar-refractivity contribution in [3.63, 3.8) is 0 Å². The molecule has 0 atom stereocenters. The second kappa shape index (κ2) is 4.78. The number of furan rings is 1. The molecule has 0 aromatic carbocycles. The van der Waals surface area contributed by atoms with Gasteiger partial charge in [0.15, 0.2) is 0 Å². The van der Waals surface area contributed by atoms with Crippen molar-refractivity contribution >= 4 is 23.2 Å². The molecular formula is C9H11Cl2O. The molecule has 3 heteroatoms. The Hall–Kier alpha value is -0.140. The second-order valence-electron chi connectivity index (χ2n) is 2.65. The van der Waals surface area contributed by atoms with Gasteiger partial charge in [0.05, 0.1) is 5.02 Å². The fourth-order valence-electron chi connectivity index (χ4n) is 0.991. The molecule has 0 aliphatic rings. The summed E-state index contributed by atoms with van der Waals surface area (Å²) in [6.45, 7) is 3.76. The fourth-order valence-corrected chi connectivity index (χ4v) is 1.30. The van der Waals surface area contributed by atoms with E-state index >= 15 is 0 Å². The van der Waals surface area contributed by atoms with Gasteiger partial charge in [-0.1, -0.05) is 31.4 Å². The van der Waals surface area contributed by atoms with Crippen LogP contribution in [0.4, 0.5) is 0 Å². The van der Waals surface area contributed by atoms with Crippen LogP contribution in [-0.2, 0) is 6.42 Å². The maximum atomic E-state index is 5.70. The summed E-state index contributed by atoms with van der Waals surface area (Å²) < 4.78 is 5.17. The van der Waals surface area contributed by atoms with Crippen LogP contribution in [0.3, 0.4) is 0 Å². The highest BCUT2D eigenvalue weighted by atomic mass is 35.5. The lowest BCUT2D eigenvalue weighted by Gasteiger charge is -1.93. The van der Waals surface area contributed by atoms with Crippen LogP contribution in [0.2, 0.25) is 10.2 Å². The first-order valence-corrected chi connectivity index (χ1v) is 4.72. The zero-order valence-electron chi connectivity index (χ0n) is 6.78. The summed E-state index contributed by atoms with van der Waals surface area (Å²) in [6, 6.07) is 1.77. The molecule has 67 valence electrons. The van der Waals surface area contributed by atoms with Gasteiger partial charge < -0.3 is 4.42 Å². The molecule has 1 radical (unpaired) electrons. The summed E-state index contributed by atoms with van der Waals surface area (Å²) in [5.41, 5.74) is 0.